The fourth-order valence-corrected chi connectivity index (χ4v) is 4.56. The summed E-state index contributed by atoms with van der Waals surface area (Å²) in [7, 11) is 0. The second-order valence-electron chi connectivity index (χ2n) is 6.25. The Bertz CT molecular complexity index is 504. The van der Waals surface area contributed by atoms with Crippen molar-refractivity contribution in [2.75, 3.05) is 0 Å². The van der Waals surface area contributed by atoms with Gasteiger partial charge in [-0.1, -0.05) is 19.1 Å². The maximum absolute atomic E-state index is 11.8. The summed E-state index contributed by atoms with van der Waals surface area (Å²) in [4.78, 5) is 11.8. The van der Waals surface area contributed by atoms with E-state index in [0.29, 0.717) is 11.5 Å². The first kappa shape index (κ1) is 10.8. The highest BCUT2D eigenvalue weighted by Crippen LogP contribution is 2.60. The van der Waals surface area contributed by atoms with Crippen LogP contribution in [-0.2, 0) is 14.3 Å². The van der Waals surface area contributed by atoms with Crippen molar-refractivity contribution >= 4 is 5.97 Å². The molecule has 4 aliphatic rings. The first-order chi connectivity index (χ1) is 8.54. The van der Waals surface area contributed by atoms with Gasteiger partial charge in [-0.05, 0) is 32.1 Å². The van der Waals surface area contributed by atoms with Gasteiger partial charge in [0.15, 0.2) is 0 Å². The van der Waals surface area contributed by atoms with Crippen molar-refractivity contribution in [1.82, 2.24) is 0 Å². The van der Waals surface area contributed by atoms with Gasteiger partial charge in [0.1, 0.15) is 6.10 Å². The molecule has 3 nitrogen and oxygen atoms in total. The van der Waals surface area contributed by atoms with Gasteiger partial charge in [-0.2, -0.15) is 0 Å². The highest BCUT2D eigenvalue weighted by atomic mass is 16.6. The van der Waals surface area contributed by atoms with Crippen LogP contribution in [0.1, 0.15) is 33.1 Å². The Morgan fingerprint density at radius 3 is 3.00 bits per heavy atom. The Hall–Kier alpha value is -1.09. The number of hydrogen-bond donors (Lipinski definition) is 0. The number of rotatable bonds is 0. The number of fused-ring (bicyclic) bond motifs is 4. The van der Waals surface area contributed by atoms with E-state index in [1.54, 1.807) is 0 Å². The fourth-order valence-electron chi connectivity index (χ4n) is 4.56. The van der Waals surface area contributed by atoms with E-state index >= 15 is 0 Å². The summed E-state index contributed by atoms with van der Waals surface area (Å²) in [5.41, 5.74) is 3.10. The van der Waals surface area contributed by atoms with Gasteiger partial charge in [0.05, 0.1) is 17.6 Å². The lowest BCUT2D eigenvalue weighted by atomic mass is 9.79. The van der Waals surface area contributed by atoms with Crippen LogP contribution in [0.4, 0.5) is 0 Å². The minimum absolute atomic E-state index is 0.0543. The van der Waals surface area contributed by atoms with Crippen molar-refractivity contribution in [2.45, 2.75) is 50.9 Å². The molecule has 2 bridgehead atoms. The van der Waals surface area contributed by atoms with E-state index in [9.17, 15) is 4.79 Å². The van der Waals surface area contributed by atoms with Crippen LogP contribution in [0.15, 0.2) is 23.3 Å². The molecule has 3 heteroatoms. The number of allylic oxidation sites excluding steroid dienone is 1. The number of hydrogen-bond acceptors (Lipinski definition) is 3. The van der Waals surface area contributed by atoms with Crippen LogP contribution in [0.2, 0.25) is 0 Å². The lowest BCUT2D eigenvalue weighted by Gasteiger charge is -2.40. The zero-order valence-corrected chi connectivity index (χ0v) is 10.9. The molecule has 96 valence electrons. The molecule has 4 rings (SSSR count). The zero-order valence-electron chi connectivity index (χ0n) is 10.9. The molecule has 5 unspecified atom stereocenters. The van der Waals surface area contributed by atoms with Crippen LogP contribution in [0, 0.1) is 11.8 Å². The first-order valence-corrected chi connectivity index (χ1v) is 6.82. The predicted octanol–water partition coefficient (Wildman–Crippen LogP) is 2.37. The van der Waals surface area contributed by atoms with Crippen LogP contribution >= 0.6 is 0 Å². The molecule has 1 aliphatic carbocycles. The Kier molecular flexibility index (Phi) is 1.85. The van der Waals surface area contributed by atoms with E-state index in [4.69, 9.17) is 9.47 Å². The third kappa shape index (κ3) is 0.993. The standard InChI is InChI=1S/C15H18O3/c1-7-4-5-15-8(2)6-10(18-15)11-9(3)14(16)17-13(11)12(7)15/h8,10-11,13H,3-6H2,1-2H3. The van der Waals surface area contributed by atoms with Crippen LogP contribution in [0.3, 0.4) is 0 Å². The summed E-state index contributed by atoms with van der Waals surface area (Å²) < 4.78 is 12.0. The lowest BCUT2D eigenvalue weighted by molar-refractivity contribution is -0.143. The van der Waals surface area contributed by atoms with Gasteiger partial charge < -0.3 is 9.47 Å². The van der Waals surface area contributed by atoms with Gasteiger partial charge >= 0.3 is 5.97 Å². The number of carbonyl (C=O) groups excluding carboxylic acids is 1. The van der Waals surface area contributed by atoms with E-state index in [-0.39, 0.29) is 29.7 Å². The Morgan fingerprint density at radius 1 is 1.44 bits per heavy atom. The predicted molar refractivity (Wildman–Crippen MR) is 65.8 cm³/mol. The van der Waals surface area contributed by atoms with E-state index < -0.39 is 0 Å². The third-order valence-electron chi connectivity index (χ3n) is 5.44. The molecular formula is C15H18O3. The highest BCUT2D eigenvalue weighted by Gasteiger charge is 2.64. The molecule has 3 heterocycles. The van der Waals surface area contributed by atoms with Crippen molar-refractivity contribution in [1.29, 1.82) is 0 Å². The molecule has 1 spiro atoms. The van der Waals surface area contributed by atoms with Gasteiger partial charge in [0, 0.05) is 11.1 Å². The van der Waals surface area contributed by atoms with E-state index in [1.165, 1.54) is 11.1 Å². The average Bonchev–Trinajstić information content (AvgIpc) is 2.89. The largest absolute Gasteiger partial charge is 0.454 e. The Labute approximate surface area is 107 Å². The fraction of sp³-hybridized carbons (Fsp3) is 0.667. The number of carbonyl (C=O) groups is 1. The number of ether oxygens (including phenoxy) is 2. The van der Waals surface area contributed by atoms with Gasteiger partial charge in [-0.3, -0.25) is 0 Å². The first-order valence-electron chi connectivity index (χ1n) is 6.82. The zero-order chi connectivity index (χ0) is 12.7. The second-order valence-corrected chi connectivity index (χ2v) is 6.25. The third-order valence-corrected chi connectivity index (χ3v) is 5.44. The van der Waals surface area contributed by atoms with E-state index in [0.717, 1.165) is 19.3 Å². The molecule has 18 heavy (non-hydrogen) atoms. The molecule has 0 aromatic carbocycles. The summed E-state index contributed by atoms with van der Waals surface area (Å²) in [6.45, 7) is 8.35. The van der Waals surface area contributed by atoms with Crippen molar-refractivity contribution in [3.8, 4) is 0 Å². The molecule has 0 saturated carbocycles. The SMILES string of the molecule is C=C1C(=O)OC2C3=C(C)CCC34OC(CC4C)C12. The van der Waals surface area contributed by atoms with Gasteiger partial charge in [-0.15, -0.1) is 0 Å². The van der Waals surface area contributed by atoms with Crippen molar-refractivity contribution in [3.05, 3.63) is 23.3 Å². The maximum atomic E-state index is 11.8. The van der Waals surface area contributed by atoms with Crippen LogP contribution < -0.4 is 0 Å². The molecule has 0 aromatic heterocycles. The Balaban J connectivity index is 1.90. The van der Waals surface area contributed by atoms with Gasteiger partial charge in [0.2, 0.25) is 0 Å². The summed E-state index contributed by atoms with van der Waals surface area (Å²) in [6.07, 6.45) is 3.18. The van der Waals surface area contributed by atoms with Crippen molar-refractivity contribution < 1.29 is 14.3 Å². The van der Waals surface area contributed by atoms with Gasteiger partial charge in [0.25, 0.3) is 0 Å². The monoisotopic (exact) mass is 246 g/mol. The average molecular weight is 246 g/mol. The molecule has 3 fully saturated rings. The van der Waals surface area contributed by atoms with E-state index in [2.05, 4.69) is 20.4 Å². The molecule has 0 N–H and O–H groups in total. The van der Waals surface area contributed by atoms with Gasteiger partial charge in [-0.25, -0.2) is 4.79 Å². The lowest BCUT2D eigenvalue weighted by Crippen LogP contribution is -2.47. The van der Waals surface area contributed by atoms with Crippen LogP contribution in [0.5, 0.6) is 0 Å². The molecule has 0 amide bonds. The van der Waals surface area contributed by atoms with Crippen molar-refractivity contribution in [3.63, 3.8) is 0 Å². The summed E-state index contributed by atoms with van der Waals surface area (Å²) in [6, 6.07) is 0. The smallest absolute Gasteiger partial charge is 0.334 e. The Morgan fingerprint density at radius 2 is 2.22 bits per heavy atom. The molecular weight excluding hydrogens is 228 g/mol. The molecule has 3 aliphatic heterocycles. The molecule has 0 radical (unpaired) electrons. The van der Waals surface area contributed by atoms with Crippen LogP contribution in [-0.4, -0.2) is 23.8 Å². The van der Waals surface area contributed by atoms with E-state index in [1.807, 2.05) is 0 Å². The minimum Gasteiger partial charge on any atom is -0.454 e. The normalized spacial score (nSPS) is 49.4. The number of esters is 1. The quantitative estimate of drug-likeness (QED) is 0.374. The summed E-state index contributed by atoms with van der Waals surface area (Å²) in [5, 5.41) is 0. The van der Waals surface area contributed by atoms with Crippen LogP contribution in [0.25, 0.3) is 0 Å². The van der Waals surface area contributed by atoms with Crippen molar-refractivity contribution in [2.24, 2.45) is 11.8 Å². The topological polar surface area (TPSA) is 35.5 Å². The highest BCUT2D eigenvalue weighted by molar-refractivity contribution is 5.91. The minimum atomic E-state index is -0.226. The molecule has 5 atom stereocenters. The molecule has 3 saturated heterocycles. The summed E-state index contributed by atoms with van der Waals surface area (Å²) >= 11 is 0. The maximum Gasteiger partial charge on any atom is 0.334 e. The molecule has 0 aromatic rings. The second kappa shape index (κ2) is 3.08. The summed E-state index contributed by atoms with van der Waals surface area (Å²) in [5.74, 6) is 0.349.